The molecule has 0 aromatic carbocycles. The van der Waals surface area contributed by atoms with Gasteiger partial charge in [0.1, 0.15) is 0 Å². The Kier molecular flexibility index (Phi) is 8.53. The number of halogens is 1. The first-order chi connectivity index (χ1) is 11.3. The number of guanidine groups is 1. The van der Waals surface area contributed by atoms with Crippen LogP contribution >= 0.6 is 24.0 Å². The van der Waals surface area contributed by atoms with Crippen LogP contribution in [0.15, 0.2) is 4.99 Å². The van der Waals surface area contributed by atoms with Gasteiger partial charge in [-0.25, -0.2) is 0 Å². The zero-order valence-electron chi connectivity index (χ0n) is 15.2. The van der Waals surface area contributed by atoms with E-state index in [0.717, 1.165) is 58.4 Å². The highest BCUT2D eigenvalue weighted by Crippen LogP contribution is 2.18. The van der Waals surface area contributed by atoms with Gasteiger partial charge in [-0.05, 0) is 32.4 Å². The van der Waals surface area contributed by atoms with Crippen LogP contribution in [0.25, 0.3) is 0 Å². The first-order valence-electron chi connectivity index (χ1n) is 9.33. The molecule has 3 fully saturated rings. The third-order valence-corrected chi connectivity index (χ3v) is 5.64. The van der Waals surface area contributed by atoms with Crippen molar-refractivity contribution in [2.45, 2.75) is 38.3 Å². The van der Waals surface area contributed by atoms with E-state index in [2.05, 4.69) is 31.9 Å². The van der Waals surface area contributed by atoms with E-state index in [4.69, 9.17) is 4.74 Å². The molecule has 0 aromatic rings. The predicted molar refractivity (Wildman–Crippen MR) is 109 cm³/mol. The average Bonchev–Trinajstić information content (AvgIpc) is 3.25. The molecule has 3 aliphatic rings. The van der Waals surface area contributed by atoms with Crippen molar-refractivity contribution in [2.24, 2.45) is 4.99 Å². The van der Waals surface area contributed by atoms with E-state index in [-0.39, 0.29) is 24.0 Å². The fourth-order valence-electron chi connectivity index (χ4n) is 4.26. The maximum absolute atomic E-state index is 5.47. The third-order valence-electron chi connectivity index (χ3n) is 5.64. The summed E-state index contributed by atoms with van der Waals surface area (Å²) < 4.78 is 5.47. The van der Waals surface area contributed by atoms with Gasteiger partial charge in [0.15, 0.2) is 5.96 Å². The van der Waals surface area contributed by atoms with E-state index in [1.165, 1.54) is 25.8 Å². The van der Waals surface area contributed by atoms with Crippen molar-refractivity contribution in [1.29, 1.82) is 0 Å². The number of likely N-dealkylation sites (tertiary alicyclic amines) is 2. The molecule has 2 atom stereocenters. The molecule has 0 amide bonds. The topological polar surface area (TPSA) is 43.3 Å². The summed E-state index contributed by atoms with van der Waals surface area (Å²) in [5, 5.41) is 3.63. The van der Waals surface area contributed by atoms with Crippen LogP contribution in [0, 0.1) is 0 Å². The lowest BCUT2D eigenvalue weighted by atomic mass is 10.2. The summed E-state index contributed by atoms with van der Waals surface area (Å²) in [5.74, 6) is 1.09. The summed E-state index contributed by atoms with van der Waals surface area (Å²) in [7, 11) is 1.91. The second-order valence-electron chi connectivity index (χ2n) is 6.89. The van der Waals surface area contributed by atoms with Crippen molar-refractivity contribution in [3.63, 3.8) is 0 Å². The quantitative estimate of drug-likeness (QED) is 0.394. The van der Waals surface area contributed by atoms with Crippen LogP contribution in [0.3, 0.4) is 0 Å². The SMILES string of the molecule is CCN1CCCC1CNC(=NC)N1CCC(N2CCOCC2)C1.I. The summed E-state index contributed by atoms with van der Waals surface area (Å²) in [6.45, 7) is 11.9. The van der Waals surface area contributed by atoms with Crippen LogP contribution in [0.5, 0.6) is 0 Å². The number of likely N-dealkylation sites (N-methyl/N-ethyl adjacent to an activating group) is 1. The molecule has 7 heteroatoms. The van der Waals surface area contributed by atoms with E-state index >= 15 is 0 Å². The Morgan fingerprint density at radius 2 is 1.96 bits per heavy atom. The summed E-state index contributed by atoms with van der Waals surface area (Å²) in [4.78, 5) is 12.1. The first-order valence-corrected chi connectivity index (χ1v) is 9.33. The minimum atomic E-state index is 0. The molecule has 6 nitrogen and oxygen atoms in total. The maximum Gasteiger partial charge on any atom is 0.193 e. The molecule has 0 saturated carbocycles. The Hall–Kier alpha value is -0.120. The van der Waals surface area contributed by atoms with Crippen LogP contribution in [-0.4, -0.2) is 98.8 Å². The minimum absolute atomic E-state index is 0. The number of hydrogen-bond acceptors (Lipinski definition) is 4. The summed E-state index contributed by atoms with van der Waals surface area (Å²) in [5.41, 5.74) is 0. The van der Waals surface area contributed by atoms with Crippen molar-refractivity contribution in [2.75, 3.05) is 66.1 Å². The number of ether oxygens (including phenoxy) is 1. The normalized spacial score (nSPS) is 29.8. The second kappa shape index (κ2) is 10.1. The lowest BCUT2D eigenvalue weighted by molar-refractivity contribution is 0.0195. The number of nitrogens with zero attached hydrogens (tertiary/aromatic N) is 4. The second-order valence-corrected chi connectivity index (χ2v) is 6.89. The van der Waals surface area contributed by atoms with Gasteiger partial charge in [-0.2, -0.15) is 0 Å². The largest absolute Gasteiger partial charge is 0.379 e. The summed E-state index contributed by atoms with van der Waals surface area (Å²) in [6.07, 6.45) is 3.89. The molecule has 0 radical (unpaired) electrons. The smallest absolute Gasteiger partial charge is 0.193 e. The Labute approximate surface area is 164 Å². The van der Waals surface area contributed by atoms with Gasteiger partial charge >= 0.3 is 0 Å². The molecule has 24 heavy (non-hydrogen) atoms. The summed E-state index contributed by atoms with van der Waals surface area (Å²) >= 11 is 0. The fourth-order valence-corrected chi connectivity index (χ4v) is 4.26. The molecular weight excluding hydrogens is 417 g/mol. The molecule has 3 saturated heterocycles. The first kappa shape index (κ1) is 20.2. The van der Waals surface area contributed by atoms with Gasteiger partial charge in [0.25, 0.3) is 0 Å². The molecule has 3 rings (SSSR count). The number of rotatable bonds is 4. The highest BCUT2D eigenvalue weighted by molar-refractivity contribution is 14.0. The molecule has 3 heterocycles. The molecule has 0 spiro atoms. The van der Waals surface area contributed by atoms with Crippen LogP contribution in [0.1, 0.15) is 26.2 Å². The standard InChI is InChI=1S/C17H33N5O.HI/c1-3-20-7-4-5-15(20)13-19-17(18-2)22-8-6-16(14-22)21-9-11-23-12-10-21;/h15-16H,3-14H2,1-2H3,(H,18,19);1H. The molecular formula is C17H34IN5O. The third kappa shape index (κ3) is 4.95. The fraction of sp³-hybridized carbons (Fsp3) is 0.941. The van der Waals surface area contributed by atoms with E-state index in [1.54, 1.807) is 0 Å². The van der Waals surface area contributed by atoms with Gasteiger partial charge in [0.2, 0.25) is 0 Å². The highest BCUT2D eigenvalue weighted by atomic mass is 127. The lowest BCUT2D eigenvalue weighted by Gasteiger charge is -2.32. The van der Waals surface area contributed by atoms with E-state index in [9.17, 15) is 0 Å². The van der Waals surface area contributed by atoms with Gasteiger partial charge < -0.3 is 15.0 Å². The molecule has 3 aliphatic heterocycles. The highest BCUT2D eigenvalue weighted by Gasteiger charge is 2.31. The Balaban J connectivity index is 0.00000208. The van der Waals surface area contributed by atoms with Crippen LogP contribution in [-0.2, 0) is 4.74 Å². The number of aliphatic imine (C=N–C) groups is 1. The van der Waals surface area contributed by atoms with Gasteiger partial charge in [-0.15, -0.1) is 24.0 Å². The van der Waals surface area contributed by atoms with Crippen molar-refractivity contribution in [1.82, 2.24) is 20.0 Å². The summed E-state index contributed by atoms with van der Waals surface area (Å²) in [6, 6.07) is 1.34. The van der Waals surface area contributed by atoms with E-state index in [1.807, 2.05) is 7.05 Å². The predicted octanol–water partition coefficient (Wildman–Crippen LogP) is 1.07. The van der Waals surface area contributed by atoms with E-state index in [0.29, 0.717) is 12.1 Å². The minimum Gasteiger partial charge on any atom is -0.379 e. The van der Waals surface area contributed by atoms with Crippen LogP contribution < -0.4 is 5.32 Å². The maximum atomic E-state index is 5.47. The van der Waals surface area contributed by atoms with Crippen molar-refractivity contribution in [3.8, 4) is 0 Å². The van der Waals surface area contributed by atoms with Crippen LogP contribution in [0.4, 0.5) is 0 Å². The number of hydrogen-bond donors (Lipinski definition) is 1. The molecule has 0 bridgehead atoms. The molecule has 0 aliphatic carbocycles. The number of morpholine rings is 1. The molecule has 140 valence electrons. The van der Waals surface area contributed by atoms with Crippen LogP contribution in [0.2, 0.25) is 0 Å². The van der Waals surface area contributed by atoms with Gasteiger partial charge in [0.05, 0.1) is 13.2 Å². The molecule has 2 unspecified atom stereocenters. The Morgan fingerprint density at radius 3 is 2.67 bits per heavy atom. The Bertz CT molecular complexity index is 402. The average molecular weight is 451 g/mol. The molecule has 0 aromatic heterocycles. The van der Waals surface area contributed by atoms with Crippen molar-refractivity contribution >= 4 is 29.9 Å². The van der Waals surface area contributed by atoms with Gasteiger partial charge in [-0.1, -0.05) is 6.92 Å². The van der Waals surface area contributed by atoms with Gasteiger partial charge in [-0.3, -0.25) is 14.8 Å². The van der Waals surface area contributed by atoms with E-state index < -0.39 is 0 Å². The Morgan fingerprint density at radius 1 is 1.17 bits per heavy atom. The molecule has 1 N–H and O–H groups in total. The van der Waals surface area contributed by atoms with Crippen molar-refractivity contribution < 1.29 is 4.74 Å². The number of nitrogens with one attached hydrogen (secondary N) is 1. The zero-order chi connectivity index (χ0) is 16.1. The lowest BCUT2D eigenvalue weighted by Crippen LogP contribution is -2.48. The zero-order valence-corrected chi connectivity index (χ0v) is 17.6. The van der Waals surface area contributed by atoms with Gasteiger partial charge in [0, 0.05) is 51.9 Å². The van der Waals surface area contributed by atoms with Crippen molar-refractivity contribution in [3.05, 3.63) is 0 Å². The monoisotopic (exact) mass is 451 g/mol.